The Balaban J connectivity index is 1.43. The summed E-state index contributed by atoms with van der Waals surface area (Å²) in [5, 5.41) is 14.4. The van der Waals surface area contributed by atoms with Gasteiger partial charge < -0.3 is 20.8 Å². The first-order valence-electron chi connectivity index (χ1n) is 10.5. The van der Waals surface area contributed by atoms with Gasteiger partial charge in [-0.3, -0.25) is 0 Å². The predicted octanol–water partition coefficient (Wildman–Crippen LogP) is 1.95. The molecule has 9 nitrogen and oxygen atoms in total. The molecule has 0 amide bonds. The predicted molar refractivity (Wildman–Crippen MR) is 118 cm³/mol. The lowest BCUT2D eigenvalue weighted by atomic mass is 10.1. The summed E-state index contributed by atoms with van der Waals surface area (Å²) in [5.41, 5.74) is 10.2. The third-order valence-electron chi connectivity index (χ3n) is 6.53. The van der Waals surface area contributed by atoms with E-state index in [4.69, 9.17) is 15.7 Å². The van der Waals surface area contributed by atoms with E-state index in [0.29, 0.717) is 33.6 Å². The first-order chi connectivity index (χ1) is 15.0. The second-order valence-electron chi connectivity index (χ2n) is 8.29. The molecule has 1 saturated carbocycles. The smallest absolute Gasteiger partial charge is 0.353 e. The van der Waals surface area contributed by atoms with Crippen molar-refractivity contribution in [3.63, 3.8) is 0 Å². The molecule has 4 aromatic heterocycles. The van der Waals surface area contributed by atoms with Crippen LogP contribution in [0.4, 0.5) is 5.82 Å². The van der Waals surface area contributed by atoms with Gasteiger partial charge in [0.2, 0.25) is 5.03 Å². The minimum absolute atomic E-state index is 0.284. The number of nitrogens with two attached hydrogens (primary N) is 1. The van der Waals surface area contributed by atoms with Crippen LogP contribution in [0, 0.1) is 24.0 Å². The molecule has 10 heteroatoms. The van der Waals surface area contributed by atoms with Gasteiger partial charge in [-0.05, 0) is 59.6 Å². The number of H-pyrrole nitrogens is 1. The fraction of sp³-hybridized carbons (Fsp3) is 0.381. The number of fused-ring (bicyclic) bond motifs is 3. The van der Waals surface area contributed by atoms with Crippen LogP contribution in [-0.2, 0) is 6.42 Å². The van der Waals surface area contributed by atoms with Crippen LogP contribution in [0.25, 0.3) is 22.2 Å². The fourth-order valence-corrected chi connectivity index (χ4v) is 5.43. The summed E-state index contributed by atoms with van der Waals surface area (Å²) in [5.74, 6) is 2.09. The number of piperidine rings is 1. The molecule has 3 N–H and O–H groups in total. The fourth-order valence-electron chi connectivity index (χ4n) is 4.71. The van der Waals surface area contributed by atoms with E-state index < -0.39 is 0 Å². The van der Waals surface area contributed by atoms with Crippen LogP contribution in [0.3, 0.4) is 0 Å². The first-order valence-corrected chi connectivity index (χ1v) is 11.3. The van der Waals surface area contributed by atoms with E-state index in [1.54, 1.807) is 6.07 Å². The van der Waals surface area contributed by atoms with Gasteiger partial charge >= 0.3 is 5.65 Å². The molecule has 2 unspecified atom stereocenters. The second kappa shape index (κ2) is 6.76. The Kier molecular flexibility index (Phi) is 4.09. The summed E-state index contributed by atoms with van der Waals surface area (Å²) >= 11 is 1.35. The Hall–Kier alpha value is -2.98. The van der Waals surface area contributed by atoms with Gasteiger partial charge in [-0.25, -0.2) is 19.7 Å². The van der Waals surface area contributed by atoms with Crippen LogP contribution in [0.1, 0.15) is 18.2 Å². The lowest BCUT2D eigenvalue weighted by molar-refractivity contribution is -0.579. The van der Waals surface area contributed by atoms with Gasteiger partial charge in [0.05, 0.1) is 11.6 Å². The van der Waals surface area contributed by atoms with E-state index >= 15 is 0 Å². The van der Waals surface area contributed by atoms with Crippen molar-refractivity contribution >= 4 is 39.8 Å². The number of nitrogens with one attached hydrogen (secondary N) is 1. The molecule has 2 atom stereocenters. The Labute approximate surface area is 182 Å². The molecule has 6 rings (SSSR count). The van der Waals surface area contributed by atoms with Gasteiger partial charge in [0.25, 0.3) is 0 Å². The summed E-state index contributed by atoms with van der Waals surface area (Å²) < 4.78 is 0.726. The minimum atomic E-state index is 0.284. The molecule has 158 valence electrons. The Morgan fingerprint density at radius 3 is 2.84 bits per heavy atom. The monoisotopic (exact) mass is 434 g/mol. The summed E-state index contributed by atoms with van der Waals surface area (Å²) in [4.78, 5) is 24.2. The standard InChI is InChI=1S/C21H22N8OS/c1-3-13-10(2)16-18(24-13)26-21(27-20(16)28-8-11-12(9-28)17(11)22)31-15-5-4-14-19(25-15)29(30)7-6-23-14/h4-7,11-12,17H,3,8-9,22H2,1-2H3,(H,24,26,27). The first kappa shape index (κ1) is 18.8. The van der Waals surface area contributed by atoms with E-state index in [0.717, 1.165) is 41.1 Å². The summed E-state index contributed by atoms with van der Waals surface area (Å²) in [6.07, 6.45) is 3.73. The molecule has 0 spiro atoms. The Morgan fingerprint density at radius 2 is 2.06 bits per heavy atom. The highest BCUT2D eigenvalue weighted by atomic mass is 32.2. The minimum Gasteiger partial charge on any atom is -0.710 e. The van der Waals surface area contributed by atoms with Crippen LogP contribution in [0.15, 0.2) is 34.7 Å². The summed E-state index contributed by atoms with van der Waals surface area (Å²) in [7, 11) is 0. The van der Waals surface area contributed by atoms with E-state index in [-0.39, 0.29) is 5.65 Å². The normalized spacial score (nSPS) is 22.4. The van der Waals surface area contributed by atoms with Crippen LogP contribution >= 0.6 is 11.8 Å². The molecule has 4 aromatic rings. The van der Waals surface area contributed by atoms with E-state index in [1.165, 1.54) is 35.4 Å². The zero-order valence-electron chi connectivity index (χ0n) is 17.2. The van der Waals surface area contributed by atoms with Crippen LogP contribution < -0.4 is 15.4 Å². The highest BCUT2D eigenvalue weighted by Gasteiger charge is 2.54. The van der Waals surface area contributed by atoms with Crippen molar-refractivity contribution in [2.24, 2.45) is 17.6 Å². The van der Waals surface area contributed by atoms with E-state index in [9.17, 15) is 5.21 Å². The maximum atomic E-state index is 12.1. The molecule has 1 saturated heterocycles. The van der Waals surface area contributed by atoms with Crippen molar-refractivity contribution in [3.8, 4) is 0 Å². The molecular weight excluding hydrogens is 412 g/mol. The van der Waals surface area contributed by atoms with Gasteiger partial charge in [0.15, 0.2) is 10.7 Å². The van der Waals surface area contributed by atoms with Crippen molar-refractivity contribution in [2.75, 3.05) is 18.0 Å². The van der Waals surface area contributed by atoms with Crippen molar-refractivity contribution in [2.45, 2.75) is 36.5 Å². The third kappa shape index (κ3) is 2.93. The molecule has 0 aromatic carbocycles. The molecule has 5 heterocycles. The number of aromatic nitrogens is 6. The van der Waals surface area contributed by atoms with Crippen LogP contribution in [0.5, 0.6) is 0 Å². The molecule has 1 aliphatic heterocycles. The SMILES string of the molecule is CCc1[nH]c2nc(Sc3ccc4ncc[n+]([O-])c4n3)nc(N3CC4C(N)C4C3)c2c1C. The van der Waals surface area contributed by atoms with Gasteiger partial charge in [-0.15, -0.1) is 0 Å². The molecule has 1 aliphatic carbocycles. The number of pyridine rings is 1. The summed E-state index contributed by atoms with van der Waals surface area (Å²) in [6.45, 7) is 6.13. The highest BCUT2D eigenvalue weighted by Crippen LogP contribution is 2.46. The van der Waals surface area contributed by atoms with Crippen LogP contribution in [0.2, 0.25) is 0 Å². The number of hydrogen-bond donors (Lipinski definition) is 2. The van der Waals surface area contributed by atoms with E-state index in [2.05, 4.69) is 33.7 Å². The van der Waals surface area contributed by atoms with Gasteiger partial charge in [-0.1, -0.05) is 6.92 Å². The number of aromatic amines is 1. The van der Waals surface area contributed by atoms with Crippen molar-refractivity contribution in [3.05, 3.63) is 41.0 Å². The zero-order chi connectivity index (χ0) is 21.3. The van der Waals surface area contributed by atoms with Crippen LogP contribution in [-0.4, -0.2) is 44.1 Å². The molecule has 2 aliphatic rings. The lowest BCUT2D eigenvalue weighted by Gasteiger charge is -2.21. The number of rotatable bonds is 4. The van der Waals surface area contributed by atoms with E-state index in [1.807, 2.05) is 6.07 Å². The number of aryl methyl sites for hydroxylation is 2. The number of nitrogens with zero attached hydrogens (tertiary/aromatic N) is 6. The van der Waals surface area contributed by atoms with Crippen molar-refractivity contribution in [1.82, 2.24) is 24.9 Å². The van der Waals surface area contributed by atoms with Crippen molar-refractivity contribution in [1.29, 1.82) is 0 Å². The summed E-state index contributed by atoms with van der Waals surface area (Å²) in [6, 6.07) is 3.96. The molecular formula is C21H22N8OS. The largest absolute Gasteiger partial charge is 0.710 e. The second-order valence-corrected chi connectivity index (χ2v) is 9.28. The average Bonchev–Trinajstić information content (AvgIpc) is 3.09. The van der Waals surface area contributed by atoms with Gasteiger partial charge in [0, 0.05) is 24.8 Å². The molecule has 2 fully saturated rings. The lowest BCUT2D eigenvalue weighted by Crippen LogP contribution is -2.29. The van der Waals surface area contributed by atoms with Crippen molar-refractivity contribution < 1.29 is 4.73 Å². The molecule has 0 bridgehead atoms. The highest BCUT2D eigenvalue weighted by molar-refractivity contribution is 7.99. The quantitative estimate of drug-likeness (QED) is 0.284. The molecule has 0 radical (unpaired) electrons. The zero-order valence-corrected chi connectivity index (χ0v) is 18.1. The number of hydrogen-bond acceptors (Lipinski definition) is 8. The number of anilines is 1. The third-order valence-corrected chi connectivity index (χ3v) is 7.33. The Morgan fingerprint density at radius 1 is 1.26 bits per heavy atom. The molecule has 31 heavy (non-hydrogen) atoms. The maximum absolute atomic E-state index is 12.1. The van der Waals surface area contributed by atoms with Gasteiger partial charge in [0.1, 0.15) is 17.7 Å². The van der Waals surface area contributed by atoms with Gasteiger partial charge in [-0.2, -0.15) is 0 Å². The average molecular weight is 435 g/mol. The maximum Gasteiger partial charge on any atom is 0.353 e. The Bertz CT molecular complexity index is 1330. The topological polar surface area (TPSA) is 124 Å².